The van der Waals surface area contributed by atoms with Crippen molar-refractivity contribution in [2.24, 2.45) is 0 Å². The third-order valence-electron chi connectivity index (χ3n) is 2.56. The molecule has 0 bridgehead atoms. The number of halogens is 1. The van der Waals surface area contributed by atoms with Crippen molar-refractivity contribution in [2.45, 2.75) is 40.0 Å². The van der Waals surface area contributed by atoms with Crippen LogP contribution in [0, 0.1) is 3.57 Å². The molecule has 0 fully saturated rings. The molecule has 0 aliphatic rings. The molecule has 0 radical (unpaired) electrons. The second-order valence-electron chi connectivity index (χ2n) is 3.22. The Morgan fingerprint density at radius 1 is 0.929 bits per heavy atom. The van der Waals surface area contributed by atoms with Crippen LogP contribution < -0.4 is 6.15 Å². The fourth-order valence-electron chi connectivity index (χ4n) is 1.87. The van der Waals surface area contributed by atoms with Crippen LogP contribution in [0.1, 0.15) is 37.5 Å². The molecule has 1 rings (SSSR count). The minimum Gasteiger partial charge on any atom is -0.344 e. The smallest absolute Gasteiger partial charge is 0.0165 e. The van der Waals surface area contributed by atoms with Crippen molar-refractivity contribution in [1.82, 2.24) is 6.15 Å². The van der Waals surface area contributed by atoms with Crippen LogP contribution in [0.3, 0.4) is 0 Å². The highest BCUT2D eigenvalue weighted by Gasteiger charge is 2.07. The summed E-state index contributed by atoms with van der Waals surface area (Å²) in [6.07, 6.45) is 3.49. The van der Waals surface area contributed by atoms with Crippen LogP contribution in [0.15, 0.2) is 12.1 Å². The quantitative estimate of drug-likeness (QED) is 0.837. The van der Waals surface area contributed by atoms with Crippen LogP contribution in [0.4, 0.5) is 0 Å². The van der Waals surface area contributed by atoms with Gasteiger partial charge in [-0.05, 0) is 64.6 Å². The van der Waals surface area contributed by atoms with Gasteiger partial charge < -0.3 is 6.15 Å². The number of benzene rings is 1. The maximum absolute atomic E-state index is 2.44. The molecule has 0 aliphatic carbocycles. The van der Waals surface area contributed by atoms with E-state index in [4.69, 9.17) is 0 Å². The summed E-state index contributed by atoms with van der Waals surface area (Å²) in [5.74, 6) is 0. The van der Waals surface area contributed by atoms with Gasteiger partial charge in [0.1, 0.15) is 0 Å². The number of aryl methyl sites for hydroxylation is 1. The van der Waals surface area contributed by atoms with Gasteiger partial charge in [0, 0.05) is 3.57 Å². The van der Waals surface area contributed by atoms with E-state index in [1.54, 1.807) is 11.1 Å². The topological polar surface area (TPSA) is 35.0 Å². The maximum Gasteiger partial charge on any atom is 0.0165 e. The molecule has 0 unspecified atom stereocenters. The molecule has 1 nitrogen and oxygen atoms in total. The molecule has 0 saturated carbocycles. The van der Waals surface area contributed by atoms with E-state index in [0.717, 1.165) is 12.8 Å². The van der Waals surface area contributed by atoms with Gasteiger partial charge in [0.2, 0.25) is 0 Å². The van der Waals surface area contributed by atoms with Gasteiger partial charge in [-0.2, -0.15) is 0 Å². The average Bonchev–Trinajstić information content (AvgIpc) is 2.17. The Hall–Kier alpha value is -0.0900. The first-order valence-electron chi connectivity index (χ1n) is 5.03. The standard InChI is InChI=1S/C12H17I.H3N/c1-4-9-7-8-12(13)11(6-3)10(9)5-2;/h7-8H,4-6H2,1-3H3;1H3. The molecule has 14 heavy (non-hydrogen) atoms. The molecule has 1 aromatic rings. The molecule has 80 valence electrons. The van der Waals surface area contributed by atoms with Gasteiger partial charge in [-0.3, -0.25) is 0 Å². The zero-order chi connectivity index (χ0) is 9.84. The fourth-order valence-corrected chi connectivity index (χ4v) is 2.75. The molecule has 1 aromatic carbocycles. The van der Waals surface area contributed by atoms with Crippen LogP contribution in [-0.4, -0.2) is 0 Å². The first-order chi connectivity index (χ1) is 6.24. The largest absolute Gasteiger partial charge is 0.344 e. The molecule has 0 atom stereocenters. The number of rotatable bonds is 3. The summed E-state index contributed by atoms with van der Waals surface area (Å²) in [4.78, 5) is 0. The van der Waals surface area contributed by atoms with Gasteiger partial charge in [0.25, 0.3) is 0 Å². The minimum atomic E-state index is 0. The van der Waals surface area contributed by atoms with E-state index < -0.39 is 0 Å². The van der Waals surface area contributed by atoms with Crippen LogP contribution in [0.2, 0.25) is 0 Å². The highest BCUT2D eigenvalue weighted by Crippen LogP contribution is 2.22. The second kappa shape index (κ2) is 6.40. The number of hydrogen-bond donors (Lipinski definition) is 1. The van der Waals surface area contributed by atoms with Gasteiger partial charge in [0.15, 0.2) is 0 Å². The fraction of sp³-hybridized carbons (Fsp3) is 0.500. The van der Waals surface area contributed by atoms with Gasteiger partial charge in [-0.15, -0.1) is 0 Å². The average molecular weight is 305 g/mol. The van der Waals surface area contributed by atoms with Crippen LogP contribution in [0.25, 0.3) is 0 Å². The molecule has 0 aromatic heterocycles. The Labute approximate surface area is 101 Å². The van der Waals surface area contributed by atoms with Crippen LogP contribution in [-0.2, 0) is 19.3 Å². The monoisotopic (exact) mass is 305 g/mol. The normalized spacial score (nSPS) is 9.71. The van der Waals surface area contributed by atoms with Crippen LogP contribution in [0.5, 0.6) is 0 Å². The molecule has 2 heteroatoms. The van der Waals surface area contributed by atoms with Crippen molar-refractivity contribution in [3.63, 3.8) is 0 Å². The van der Waals surface area contributed by atoms with E-state index in [0.29, 0.717) is 0 Å². The summed E-state index contributed by atoms with van der Waals surface area (Å²) in [6.45, 7) is 6.74. The molecule has 3 N–H and O–H groups in total. The van der Waals surface area contributed by atoms with Gasteiger partial charge in [-0.25, -0.2) is 0 Å². The zero-order valence-electron chi connectivity index (χ0n) is 9.36. The predicted octanol–water partition coefficient (Wildman–Crippen LogP) is 4.14. The first kappa shape index (κ1) is 13.9. The van der Waals surface area contributed by atoms with Crippen molar-refractivity contribution in [2.75, 3.05) is 0 Å². The van der Waals surface area contributed by atoms with Gasteiger partial charge in [-0.1, -0.05) is 26.8 Å². The molecule has 0 saturated heterocycles. The third-order valence-corrected chi connectivity index (χ3v) is 3.57. The van der Waals surface area contributed by atoms with E-state index in [1.165, 1.54) is 15.6 Å². The minimum absolute atomic E-state index is 0. The van der Waals surface area contributed by atoms with E-state index >= 15 is 0 Å². The maximum atomic E-state index is 2.44. The Morgan fingerprint density at radius 3 is 1.93 bits per heavy atom. The predicted molar refractivity (Wildman–Crippen MR) is 72.3 cm³/mol. The summed E-state index contributed by atoms with van der Waals surface area (Å²) >= 11 is 2.44. The summed E-state index contributed by atoms with van der Waals surface area (Å²) in [6, 6.07) is 4.52. The lowest BCUT2D eigenvalue weighted by Gasteiger charge is -2.12. The van der Waals surface area contributed by atoms with Crippen molar-refractivity contribution >= 4 is 22.6 Å². The first-order valence-corrected chi connectivity index (χ1v) is 6.11. The lowest BCUT2D eigenvalue weighted by molar-refractivity contribution is 0.974. The number of hydrogen-bond acceptors (Lipinski definition) is 1. The molecule has 0 amide bonds. The second-order valence-corrected chi connectivity index (χ2v) is 4.39. The van der Waals surface area contributed by atoms with Crippen molar-refractivity contribution in [3.05, 3.63) is 32.4 Å². The summed E-state index contributed by atoms with van der Waals surface area (Å²) in [7, 11) is 0. The molecule has 0 heterocycles. The van der Waals surface area contributed by atoms with Crippen molar-refractivity contribution < 1.29 is 0 Å². The molecule has 0 aliphatic heterocycles. The third kappa shape index (κ3) is 2.70. The summed E-state index contributed by atoms with van der Waals surface area (Å²) < 4.78 is 1.43. The van der Waals surface area contributed by atoms with Crippen molar-refractivity contribution in [1.29, 1.82) is 0 Å². The van der Waals surface area contributed by atoms with Crippen LogP contribution >= 0.6 is 22.6 Å². The van der Waals surface area contributed by atoms with E-state index in [9.17, 15) is 0 Å². The SMILES string of the molecule is CCc1ccc(I)c(CC)c1CC.N. The zero-order valence-corrected chi connectivity index (χ0v) is 11.5. The van der Waals surface area contributed by atoms with E-state index in [-0.39, 0.29) is 6.15 Å². The Morgan fingerprint density at radius 2 is 1.50 bits per heavy atom. The molecular weight excluding hydrogens is 285 g/mol. The molecular formula is C12H20IN. The Bertz CT molecular complexity index is 295. The van der Waals surface area contributed by atoms with Gasteiger partial charge in [0.05, 0.1) is 0 Å². The summed E-state index contributed by atoms with van der Waals surface area (Å²) in [5.41, 5.74) is 4.67. The summed E-state index contributed by atoms with van der Waals surface area (Å²) in [5, 5.41) is 0. The van der Waals surface area contributed by atoms with Crippen molar-refractivity contribution in [3.8, 4) is 0 Å². The highest BCUT2D eigenvalue weighted by atomic mass is 127. The molecule has 0 spiro atoms. The lowest BCUT2D eigenvalue weighted by Crippen LogP contribution is -1.99. The Kier molecular flexibility index (Phi) is 6.36. The Balaban J connectivity index is 0.00000169. The lowest BCUT2D eigenvalue weighted by atomic mass is 9.96. The van der Waals surface area contributed by atoms with E-state index in [2.05, 4.69) is 55.5 Å². The van der Waals surface area contributed by atoms with E-state index in [1.807, 2.05) is 0 Å². The van der Waals surface area contributed by atoms with Gasteiger partial charge >= 0.3 is 0 Å². The highest BCUT2D eigenvalue weighted by molar-refractivity contribution is 14.1.